The molecule has 1 aromatic rings. The van der Waals surface area contributed by atoms with Gasteiger partial charge in [0.2, 0.25) is 0 Å². The molecule has 0 amide bonds. The minimum atomic E-state index is -1.32. The molecule has 1 fully saturated rings. The van der Waals surface area contributed by atoms with Gasteiger partial charge in [-0.2, -0.15) is 0 Å². The second-order valence-electron chi connectivity index (χ2n) is 4.50. The normalized spacial score (nSPS) is 28.4. The predicted molar refractivity (Wildman–Crippen MR) is 88.4 cm³/mol. The van der Waals surface area contributed by atoms with Crippen molar-refractivity contribution in [3.05, 3.63) is 35.9 Å². The third-order valence-corrected chi connectivity index (χ3v) is 8.47. The van der Waals surface area contributed by atoms with Crippen LogP contribution in [0, 0.1) is 0 Å². The largest absolute Gasteiger partial charge is 0.365 e. The van der Waals surface area contributed by atoms with Crippen molar-refractivity contribution < 1.29 is 4.18 Å². The van der Waals surface area contributed by atoms with E-state index >= 15 is 0 Å². The molecule has 90 valence electrons. The maximum Gasteiger partial charge on any atom is 0.365 e. The molecule has 5 heteroatoms. The van der Waals surface area contributed by atoms with Gasteiger partial charge in [0.15, 0.2) is 0 Å². The molecular formula is C12H16BIOPS+. The molecule has 0 aliphatic carbocycles. The Balaban J connectivity index is 2.06. The van der Waals surface area contributed by atoms with Gasteiger partial charge in [-0.15, -0.1) is 0 Å². The van der Waals surface area contributed by atoms with Gasteiger partial charge in [-0.05, 0) is 25.5 Å². The van der Waals surface area contributed by atoms with Crippen molar-refractivity contribution in [1.82, 2.24) is 0 Å². The van der Waals surface area contributed by atoms with Gasteiger partial charge >= 0.3 is 7.57 Å². The van der Waals surface area contributed by atoms with E-state index in [4.69, 9.17) is 11.7 Å². The van der Waals surface area contributed by atoms with Crippen LogP contribution in [-0.2, 0) is 4.18 Å². The van der Waals surface area contributed by atoms with Crippen molar-refractivity contribution in [2.45, 2.75) is 18.5 Å². The fourth-order valence-corrected chi connectivity index (χ4v) is 6.96. The fourth-order valence-electron chi connectivity index (χ4n) is 2.64. The van der Waals surface area contributed by atoms with Gasteiger partial charge in [-0.3, -0.25) is 0 Å². The summed E-state index contributed by atoms with van der Waals surface area (Å²) in [4.78, 5) is 0. The Morgan fingerprint density at radius 1 is 1.41 bits per heavy atom. The van der Waals surface area contributed by atoms with Crippen LogP contribution in [0.25, 0.3) is 0 Å². The first kappa shape index (κ1) is 14.2. The molecule has 17 heavy (non-hydrogen) atoms. The quantitative estimate of drug-likeness (QED) is 0.243. The van der Waals surface area contributed by atoms with Crippen LogP contribution in [0.5, 0.6) is 0 Å². The minimum absolute atomic E-state index is 0.603. The van der Waals surface area contributed by atoms with Crippen molar-refractivity contribution in [2.24, 2.45) is 0 Å². The van der Waals surface area contributed by atoms with Crippen LogP contribution < -0.4 is 0 Å². The zero-order valence-corrected chi connectivity index (χ0v) is 13.6. The maximum absolute atomic E-state index is 6.70. The monoisotopic (exact) mass is 377 g/mol. The lowest BCUT2D eigenvalue weighted by atomic mass is 10.1. The summed E-state index contributed by atoms with van der Waals surface area (Å²) in [5.41, 5.74) is 2.04. The van der Waals surface area contributed by atoms with Gasteiger partial charge in [-0.25, -0.2) is 0 Å². The van der Waals surface area contributed by atoms with Crippen LogP contribution in [0.4, 0.5) is 0 Å². The van der Waals surface area contributed by atoms with Crippen LogP contribution in [0.15, 0.2) is 30.3 Å². The molecule has 2 atom stereocenters. The molecule has 1 heterocycles. The van der Waals surface area contributed by atoms with E-state index in [0.29, 0.717) is 5.66 Å². The number of hydrogen-bond donors (Lipinski definition) is 0. The lowest BCUT2D eigenvalue weighted by Gasteiger charge is -2.25. The van der Waals surface area contributed by atoms with E-state index in [1.807, 2.05) is 0 Å². The lowest BCUT2D eigenvalue weighted by Crippen LogP contribution is -2.09. The average Bonchev–Trinajstić information content (AvgIpc) is 2.73. The van der Waals surface area contributed by atoms with Crippen molar-refractivity contribution >= 4 is 45.1 Å². The van der Waals surface area contributed by atoms with Gasteiger partial charge in [0.1, 0.15) is 0 Å². The molecular weight excluding hydrogens is 361 g/mol. The topological polar surface area (TPSA) is 9.23 Å². The van der Waals surface area contributed by atoms with Crippen molar-refractivity contribution in [1.29, 1.82) is 0 Å². The standard InChI is InChI=1S/C12H16BIOPS/c13-16(10-8-15-17-14)9-4-7-12(16)11-5-2-1-3-6-11/h1-3,5-6,12H,4,7-10H2/q+1. The molecule has 0 N–H and O–H groups in total. The van der Waals surface area contributed by atoms with Crippen LogP contribution >= 0.6 is 37.6 Å². The summed E-state index contributed by atoms with van der Waals surface area (Å²) in [7, 11) is 6.79. The third-order valence-electron chi connectivity index (χ3n) is 3.49. The minimum Gasteiger partial charge on any atom is -0.302 e. The van der Waals surface area contributed by atoms with Gasteiger partial charge < -0.3 is 4.18 Å². The SMILES string of the molecule is [B][P+]1(CCOSI)CCCC1c1ccccc1. The molecule has 2 rings (SSSR count). The second kappa shape index (κ2) is 6.79. The zero-order chi connectivity index (χ0) is 12.1. The van der Waals surface area contributed by atoms with Gasteiger partial charge in [0.05, 0.1) is 27.6 Å². The Morgan fingerprint density at radius 3 is 2.88 bits per heavy atom. The summed E-state index contributed by atoms with van der Waals surface area (Å²) < 4.78 is 5.40. The van der Waals surface area contributed by atoms with Crippen LogP contribution in [0.2, 0.25) is 0 Å². The molecule has 2 unspecified atom stereocenters. The van der Waals surface area contributed by atoms with Gasteiger partial charge in [-0.1, -0.05) is 30.3 Å². The summed E-state index contributed by atoms with van der Waals surface area (Å²) in [6, 6.07) is 10.8. The molecule has 1 nitrogen and oxygen atoms in total. The highest BCUT2D eigenvalue weighted by atomic mass is 127. The first-order valence-electron chi connectivity index (χ1n) is 5.87. The number of rotatable bonds is 5. The molecule has 1 aliphatic heterocycles. The van der Waals surface area contributed by atoms with E-state index in [2.05, 4.69) is 51.5 Å². The Labute approximate surface area is 122 Å². The maximum atomic E-state index is 6.70. The van der Waals surface area contributed by atoms with Gasteiger partial charge in [0, 0.05) is 27.4 Å². The summed E-state index contributed by atoms with van der Waals surface area (Å²) in [6.45, 7) is 0.793. The highest BCUT2D eigenvalue weighted by Gasteiger charge is 2.45. The fraction of sp³-hybridized carbons (Fsp3) is 0.500. The molecule has 1 saturated heterocycles. The Hall–Kier alpha value is 0.755. The second-order valence-corrected chi connectivity index (χ2v) is 9.67. The van der Waals surface area contributed by atoms with Crippen LogP contribution in [-0.4, -0.2) is 26.5 Å². The summed E-state index contributed by atoms with van der Waals surface area (Å²) in [6.07, 6.45) is 4.82. The van der Waals surface area contributed by atoms with E-state index < -0.39 is 7.14 Å². The molecule has 1 aromatic carbocycles. The lowest BCUT2D eigenvalue weighted by molar-refractivity contribution is 0.412. The zero-order valence-electron chi connectivity index (χ0n) is 9.72. The number of hydrogen-bond acceptors (Lipinski definition) is 2. The molecule has 0 saturated carbocycles. The highest BCUT2D eigenvalue weighted by molar-refractivity contribution is 14.2. The average molecular weight is 377 g/mol. The number of benzene rings is 1. The Morgan fingerprint density at radius 2 is 2.18 bits per heavy atom. The molecule has 0 spiro atoms. The summed E-state index contributed by atoms with van der Waals surface area (Å²) >= 11 is 2.16. The smallest absolute Gasteiger partial charge is 0.302 e. The van der Waals surface area contributed by atoms with Crippen molar-refractivity contribution in [3.63, 3.8) is 0 Å². The molecule has 0 bridgehead atoms. The molecule has 1 aliphatic rings. The van der Waals surface area contributed by atoms with E-state index in [-0.39, 0.29) is 0 Å². The Kier molecular flexibility index (Phi) is 5.66. The first-order chi connectivity index (χ1) is 8.26. The summed E-state index contributed by atoms with van der Waals surface area (Å²) in [5.74, 6) is 0. The molecule has 0 aromatic heterocycles. The van der Waals surface area contributed by atoms with Crippen LogP contribution in [0.1, 0.15) is 24.1 Å². The summed E-state index contributed by atoms with van der Waals surface area (Å²) in [5, 5.41) is 0. The van der Waals surface area contributed by atoms with E-state index in [1.165, 1.54) is 33.8 Å². The highest BCUT2D eigenvalue weighted by Crippen LogP contribution is 2.71. The first-order valence-corrected chi connectivity index (χ1v) is 11.4. The Bertz CT molecular complexity index is 354. The van der Waals surface area contributed by atoms with Crippen molar-refractivity contribution in [2.75, 3.05) is 18.9 Å². The van der Waals surface area contributed by atoms with Crippen molar-refractivity contribution in [3.8, 4) is 0 Å². The molecule has 2 radical (unpaired) electrons. The van der Waals surface area contributed by atoms with E-state index in [0.717, 1.165) is 12.8 Å². The van der Waals surface area contributed by atoms with E-state index in [9.17, 15) is 0 Å². The van der Waals surface area contributed by atoms with Crippen LogP contribution in [0.3, 0.4) is 0 Å². The van der Waals surface area contributed by atoms with Gasteiger partial charge in [0.25, 0.3) is 0 Å². The number of halogens is 1. The predicted octanol–water partition coefficient (Wildman–Crippen LogP) is 4.64. The van der Waals surface area contributed by atoms with E-state index in [1.54, 1.807) is 0 Å². The third kappa shape index (κ3) is 3.62.